The van der Waals surface area contributed by atoms with Crippen LogP contribution in [0, 0.1) is 23.2 Å². The number of hydrogen-bond donors (Lipinski definition) is 3. The van der Waals surface area contributed by atoms with Gasteiger partial charge in [0, 0.05) is 25.7 Å². The van der Waals surface area contributed by atoms with Crippen molar-refractivity contribution >= 4 is 0 Å². The van der Waals surface area contributed by atoms with Crippen LogP contribution < -0.4 is 5.32 Å². The van der Waals surface area contributed by atoms with Crippen molar-refractivity contribution in [1.82, 2.24) is 10.2 Å². The van der Waals surface area contributed by atoms with Crippen molar-refractivity contribution in [2.45, 2.75) is 37.8 Å². The molecule has 2 fully saturated rings. The lowest BCUT2D eigenvalue weighted by Crippen LogP contribution is -2.50. The molecule has 1 aliphatic heterocycles. The van der Waals surface area contributed by atoms with Crippen molar-refractivity contribution < 1.29 is 10.2 Å². The van der Waals surface area contributed by atoms with Gasteiger partial charge in [-0.25, -0.2) is 0 Å². The van der Waals surface area contributed by atoms with Gasteiger partial charge >= 0.3 is 0 Å². The van der Waals surface area contributed by atoms with E-state index in [2.05, 4.69) is 16.3 Å². The molecular formula is C14H25N3O2. The van der Waals surface area contributed by atoms with E-state index in [1.165, 1.54) is 12.8 Å². The first-order valence-corrected chi connectivity index (χ1v) is 7.34. The lowest BCUT2D eigenvalue weighted by molar-refractivity contribution is 0.0787. The third-order valence-electron chi connectivity index (χ3n) is 4.19. The molecule has 0 aromatic rings. The highest BCUT2D eigenvalue weighted by Gasteiger charge is 2.34. The standard InChI is InChI=1S/C14H25N3O2/c15-3-5-17-9-11(8-14(19)12-1-2-12)7-13(10-17)16-4-6-18/h11-14,16,18-19H,1-2,4-10H2. The maximum Gasteiger partial charge on any atom is 0.0866 e. The zero-order chi connectivity index (χ0) is 13.7. The fraction of sp³-hybridized carbons (Fsp3) is 0.929. The summed E-state index contributed by atoms with van der Waals surface area (Å²) in [6, 6.07) is 2.53. The highest BCUT2D eigenvalue weighted by atomic mass is 16.3. The van der Waals surface area contributed by atoms with Gasteiger partial charge < -0.3 is 15.5 Å². The number of nitrogens with zero attached hydrogens (tertiary/aromatic N) is 2. The molecule has 108 valence electrons. The molecule has 1 heterocycles. The lowest BCUT2D eigenvalue weighted by atomic mass is 9.88. The largest absolute Gasteiger partial charge is 0.395 e. The first kappa shape index (κ1) is 14.7. The molecule has 1 aliphatic carbocycles. The Balaban J connectivity index is 1.83. The molecule has 3 N–H and O–H groups in total. The van der Waals surface area contributed by atoms with Crippen molar-refractivity contribution in [2.75, 3.05) is 32.8 Å². The van der Waals surface area contributed by atoms with E-state index < -0.39 is 0 Å². The molecule has 5 nitrogen and oxygen atoms in total. The van der Waals surface area contributed by atoms with Crippen molar-refractivity contribution in [1.29, 1.82) is 5.26 Å². The lowest BCUT2D eigenvalue weighted by Gasteiger charge is -2.37. The van der Waals surface area contributed by atoms with Crippen LogP contribution in [-0.4, -0.2) is 60.0 Å². The molecule has 0 aromatic heterocycles. The predicted molar refractivity (Wildman–Crippen MR) is 72.4 cm³/mol. The van der Waals surface area contributed by atoms with Gasteiger partial charge in [0.15, 0.2) is 0 Å². The van der Waals surface area contributed by atoms with E-state index >= 15 is 0 Å². The van der Waals surface area contributed by atoms with Crippen molar-refractivity contribution in [3.05, 3.63) is 0 Å². The van der Waals surface area contributed by atoms with Crippen LogP contribution in [0.5, 0.6) is 0 Å². The number of nitriles is 1. The summed E-state index contributed by atoms with van der Waals surface area (Å²) in [5.41, 5.74) is 0. The van der Waals surface area contributed by atoms with E-state index in [0.717, 1.165) is 25.9 Å². The van der Waals surface area contributed by atoms with Gasteiger partial charge in [0.2, 0.25) is 0 Å². The molecule has 3 atom stereocenters. The van der Waals surface area contributed by atoms with E-state index in [-0.39, 0.29) is 12.7 Å². The summed E-state index contributed by atoms with van der Waals surface area (Å²) >= 11 is 0. The fourth-order valence-electron chi connectivity index (χ4n) is 3.13. The van der Waals surface area contributed by atoms with Gasteiger partial charge in [-0.05, 0) is 37.5 Å². The summed E-state index contributed by atoms with van der Waals surface area (Å²) in [6.07, 6.45) is 4.06. The minimum atomic E-state index is -0.162. The predicted octanol–water partition coefficient (Wildman–Crippen LogP) is -0.0566. The third-order valence-corrected chi connectivity index (χ3v) is 4.19. The summed E-state index contributed by atoms with van der Waals surface area (Å²) in [5.74, 6) is 0.976. The summed E-state index contributed by atoms with van der Waals surface area (Å²) in [7, 11) is 0. The average molecular weight is 267 g/mol. The Hall–Kier alpha value is -0.670. The Morgan fingerprint density at radius 1 is 1.37 bits per heavy atom. The van der Waals surface area contributed by atoms with Gasteiger partial charge in [-0.15, -0.1) is 0 Å². The number of hydrogen-bond acceptors (Lipinski definition) is 5. The van der Waals surface area contributed by atoms with E-state index in [1.807, 2.05) is 0 Å². The first-order valence-electron chi connectivity index (χ1n) is 7.34. The Morgan fingerprint density at radius 2 is 2.16 bits per heavy atom. The van der Waals surface area contributed by atoms with Crippen LogP contribution in [0.3, 0.4) is 0 Å². The van der Waals surface area contributed by atoms with Gasteiger partial charge in [-0.1, -0.05) is 0 Å². The number of rotatable bonds is 7. The van der Waals surface area contributed by atoms with Crippen LogP contribution in [0.15, 0.2) is 0 Å². The topological polar surface area (TPSA) is 79.5 Å². The van der Waals surface area contributed by atoms with Gasteiger partial charge in [0.05, 0.1) is 25.3 Å². The normalized spacial score (nSPS) is 29.9. The molecule has 0 aromatic carbocycles. The third kappa shape index (κ3) is 4.73. The van der Waals surface area contributed by atoms with Crippen LogP contribution in [0.1, 0.15) is 25.7 Å². The minimum Gasteiger partial charge on any atom is -0.395 e. The van der Waals surface area contributed by atoms with Crippen LogP contribution in [0.4, 0.5) is 0 Å². The summed E-state index contributed by atoms with van der Waals surface area (Å²) in [4.78, 5) is 2.16. The van der Waals surface area contributed by atoms with Crippen LogP contribution >= 0.6 is 0 Å². The molecule has 0 amide bonds. The molecule has 2 aliphatic rings. The molecule has 1 saturated carbocycles. The van der Waals surface area contributed by atoms with Gasteiger partial charge in [-0.2, -0.15) is 5.26 Å². The Morgan fingerprint density at radius 3 is 2.79 bits per heavy atom. The van der Waals surface area contributed by atoms with E-state index in [9.17, 15) is 5.11 Å². The number of aliphatic hydroxyl groups is 2. The molecular weight excluding hydrogens is 242 g/mol. The quantitative estimate of drug-likeness (QED) is 0.563. The number of likely N-dealkylation sites (tertiary alicyclic amines) is 1. The van der Waals surface area contributed by atoms with Gasteiger partial charge in [-0.3, -0.25) is 4.90 Å². The molecule has 2 rings (SSSR count). The smallest absolute Gasteiger partial charge is 0.0866 e. The van der Waals surface area contributed by atoms with Crippen molar-refractivity contribution in [3.8, 4) is 6.07 Å². The zero-order valence-corrected chi connectivity index (χ0v) is 11.5. The highest BCUT2D eigenvalue weighted by Crippen LogP contribution is 2.36. The molecule has 3 unspecified atom stereocenters. The Bertz CT molecular complexity index is 314. The zero-order valence-electron chi connectivity index (χ0n) is 11.5. The summed E-state index contributed by atoms with van der Waals surface area (Å²) < 4.78 is 0. The molecule has 19 heavy (non-hydrogen) atoms. The molecule has 0 spiro atoms. The van der Waals surface area contributed by atoms with Gasteiger partial charge in [0.25, 0.3) is 0 Å². The van der Waals surface area contributed by atoms with Crippen LogP contribution in [0.25, 0.3) is 0 Å². The van der Waals surface area contributed by atoms with Crippen LogP contribution in [-0.2, 0) is 0 Å². The first-order chi connectivity index (χ1) is 9.22. The second-order valence-electron chi connectivity index (χ2n) is 5.97. The van der Waals surface area contributed by atoms with E-state index in [4.69, 9.17) is 10.4 Å². The van der Waals surface area contributed by atoms with E-state index in [1.54, 1.807) is 0 Å². The van der Waals surface area contributed by atoms with Crippen molar-refractivity contribution in [3.63, 3.8) is 0 Å². The fourth-order valence-corrected chi connectivity index (χ4v) is 3.13. The Kier molecular flexibility index (Phi) is 5.59. The molecule has 5 heteroatoms. The Labute approximate surface area is 115 Å². The SMILES string of the molecule is N#CCN1CC(CC(O)C2CC2)CC(NCCO)C1. The summed E-state index contributed by atoms with van der Waals surface area (Å²) in [6.45, 7) is 2.97. The van der Waals surface area contributed by atoms with Gasteiger partial charge in [0.1, 0.15) is 0 Å². The second-order valence-corrected chi connectivity index (χ2v) is 5.97. The molecule has 0 bridgehead atoms. The average Bonchev–Trinajstić information content (AvgIpc) is 3.20. The summed E-state index contributed by atoms with van der Waals surface area (Å²) in [5, 5.41) is 31.1. The maximum absolute atomic E-state index is 10.1. The van der Waals surface area contributed by atoms with E-state index in [0.29, 0.717) is 31.0 Å². The number of aliphatic hydroxyl groups excluding tert-OH is 2. The number of piperidine rings is 1. The monoisotopic (exact) mass is 267 g/mol. The number of nitrogens with one attached hydrogen (secondary N) is 1. The minimum absolute atomic E-state index is 0.143. The maximum atomic E-state index is 10.1. The van der Waals surface area contributed by atoms with Crippen molar-refractivity contribution in [2.24, 2.45) is 11.8 Å². The highest BCUT2D eigenvalue weighted by molar-refractivity contribution is 4.90. The van der Waals surface area contributed by atoms with Crippen LogP contribution in [0.2, 0.25) is 0 Å². The second kappa shape index (κ2) is 7.20. The molecule has 0 radical (unpaired) electrons. The molecule has 1 saturated heterocycles.